The quantitative estimate of drug-likeness (QED) is 0.466. The van der Waals surface area contributed by atoms with E-state index in [1.807, 2.05) is 18.9 Å². The average molecular weight is 286 g/mol. The lowest BCUT2D eigenvalue weighted by Gasteiger charge is -2.07. The third-order valence-corrected chi connectivity index (χ3v) is 3.64. The number of rotatable bonds is 1. The highest BCUT2D eigenvalue weighted by atomic mass is 32.2. The number of benzene rings is 1. The largest absolute Gasteiger partial charge is 0.409 e. The average Bonchev–Trinajstić information content (AvgIpc) is 2.75. The molecule has 1 heterocycles. The molecule has 0 bridgehead atoms. The van der Waals surface area contributed by atoms with Crippen LogP contribution in [0.25, 0.3) is 0 Å². The second-order valence-corrected chi connectivity index (χ2v) is 5.75. The molecule has 1 saturated heterocycles. The van der Waals surface area contributed by atoms with E-state index in [9.17, 15) is 8.42 Å². The molecule has 7 heteroatoms. The molecule has 0 amide bonds. The topological polar surface area (TPSA) is 90.2 Å². The van der Waals surface area contributed by atoms with E-state index in [0.717, 1.165) is 30.8 Å². The van der Waals surface area contributed by atoms with E-state index in [1.54, 1.807) is 12.1 Å². The Morgan fingerprint density at radius 2 is 1.84 bits per heavy atom. The molecule has 0 aliphatic carbocycles. The van der Waals surface area contributed by atoms with Crippen LogP contribution in [0.5, 0.6) is 0 Å². The summed E-state index contributed by atoms with van der Waals surface area (Å²) >= 11 is 0. The zero-order valence-corrected chi connectivity index (χ0v) is 11.8. The molecular weight excluding hydrogens is 268 g/mol. The van der Waals surface area contributed by atoms with Crippen molar-refractivity contribution in [3.05, 3.63) is 29.8 Å². The molecule has 106 valence electrons. The summed E-state index contributed by atoms with van der Waals surface area (Å²) in [7, 11) is -2.09. The molecule has 1 aromatic rings. The number of hydrogen-bond acceptors (Lipinski definition) is 4. The fraction of sp³-hybridized carbons (Fsp3) is 0.417. The van der Waals surface area contributed by atoms with Gasteiger partial charge in [0.15, 0.2) is 0 Å². The predicted molar refractivity (Wildman–Crippen MR) is 72.1 cm³/mol. The Hall–Kier alpha value is -1.60. The standard InChI is InChI=1S/C7H8O3S.C5H10N2O/c1-6-2-4-7(5-3-6)11(8,9)10;1-7-4-2-3-5(7)6-8/h2-5H,1H3,(H,8,9,10);8H,2-4H2,1H3/b;6-5+. The van der Waals surface area contributed by atoms with Gasteiger partial charge in [-0.25, -0.2) is 0 Å². The summed E-state index contributed by atoms with van der Waals surface area (Å²) in [6.45, 7) is 2.87. The SMILES string of the molecule is CN1CCC/C1=N\O.Cc1ccc(S(=O)(=O)O)cc1. The molecule has 19 heavy (non-hydrogen) atoms. The maximum atomic E-state index is 10.5. The Bertz CT molecular complexity index is 537. The molecule has 0 atom stereocenters. The molecule has 1 aliphatic rings. The predicted octanol–water partition coefficient (Wildman–Crippen LogP) is 1.74. The minimum absolute atomic E-state index is 0.0666. The minimum atomic E-state index is -4.02. The van der Waals surface area contributed by atoms with Gasteiger partial charge in [-0.1, -0.05) is 22.9 Å². The normalized spacial score (nSPS) is 17.2. The van der Waals surface area contributed by atoms with Crippen LogP contribution in [0.2, 0.25) is 0 Å². The van der Waals surface area contributed by atoms with E-state index in [1.165, 1.54) is 12.1 Å². The summed E-state index contributed by atoms with van der Waals surface area (Å²) in [6, 6.07) is 5.99. The minimum Gasteiger partial charge on any atom is -0.409 e. The molecule has 1 fully saturated rings. The van der Waals surface area contributed by atoms with Crippen LogP contribution >= 0.6 is 0 Å². The summed E-state index contributed by atoms with van der Waals surface area (Å²) in [5, 5.41) is 11.4. The second kappa shape index (κ2) is 6.53. The molecule has 0 radical (unpaired) electrons. The lowest BCUT2D eigenvalue weighted by atomic mass is 10.2. The smallest absolute Gasteiger partial charge is 0.294 e. The Balaban J connectivity index is 0.000000200. The van der Waals surface area contributed by atoms with Gasteiger partial charge in [-0.05, 0) is 25.5 Å². The number of likely N-dealkylation sites (tertiary alicyclic amines) is 1. The van der Waals surface area contributed by atoms with Crippen molar-refractivity contribution in [3.8, 4) is 0 Å². The first-order valence-electron chi connectivity index (χ1n) is 5.81. The summed E-state index contributed by atoms with van der Waals surface area (Å²) in [6.07, 6.45) is 2.04. The van der Waals surface area contributed by atoms with Gasteiger partial charge in [0, 0.05) is 20.0 Å². The van der Waals surface area contributed by atoms with Gasteiger partial charge in [-0.15, -0.1) is 0 Å². The first-order chi connectivity index (χ1) is 8.84. The zero-order chi connectivity index (χ0) is 14.5. The van der Waals surface area contributed by atoms with Crippen molar-refractivity contribution in [1.29, 1.82) is 0 Å². The number of amidine groups is 1. The van der Waals surface area contributed by atoms with Crippen molar-refractivity contribution in [2.45, 2.75) is 24.7 Å². The van der Waals surface area contributed by atoms with Gasteiger partial charge in [0.25, 0.3) is 10.1 Å². The van der Waals surface area contributed by atoms with E-state index >= 15 is 0 Å². The van der Waals surface area contributed by atoms with Crippen molar-refractivity contribution in [2.75, 3.05) is 13.6 Å². The second-order valence-electron chi connectivity index (χ2n) is 4.33. The number of nitrogens with zero attached hydrogens (tertiary/aromatic N) is 2. The monoisotopic (exact) mass is 286 g/mol. The van der Waals surface area contributed by atoms with Gasteiger partial charge in [-0.2, -0.15) is 8.42 Å². The third-order valence-electron chi connectivity index (χ3n) is 2.77. The Labute approximate surface area is 113 Å². The van der Waals surface area contributed by atoms with Crippen molar-refractivity contribution in [2.24, 2.45) is 5.16 Å². The molecule has 1 aromatic carbocycles. The van der Waals surface area contributed by atoms with Gasteiger partial charge in [-0.3, -0.25) is 4.55 Å². The molecule has 0 aromatic heterocycles. The van der Waals surface area contributed by atoms with E-state index < -0.39 is 10.1 Å². The molecule has 1 aliphatic heterocycles. The van der Waals surface area contributed by atoms with E-state index in [-0.39, 0.29) is 4.90 Å². The molecule has 6 nitrogen and oxygen atoms in total. The lowest BCUT2D eigenvalue weighted by Crippen LogP contribution is -2.18. The van der Waals surface area contributed by atoms with Gasteiger partial charge in [0.1, 0.15) is 5.84 Å². The van der Waals surface area contributed by atoms with Crippen LogP contribution in [0.3, 0.4) is 0 Å². The van der Waals surface area contributed by atoms with Crippen LogP contribution in [0.15, 0.2) is 34.3 Å². The zero-order valence-electron chi connectivity index (χ0n) is 10.9. The number of aryl methyl sites for hydroxylation is 1. The Kier molecular flexibility index (Phi) is 5.31. The van der Waals surface area contributed by atoms with Crippen LogP contribution in [0, 0.1) is 6.92 Å². The number of oxime groups is 1. The highest BCUT2D eigenvalue weighted by molar-refractivity contribution is 7.85. The van der Waals surface area contributed by atoms with Crippen molar-refractivity contribution in [3.63, 3.8) is 0 Å². The molecule has 2 N–H and O–H groups in total. The third kappa shape index (κ3) is 4.88. The van der Waals surface area contributed by atoms with Gasteiger partial charge in [0.2, 0.25) is 0 Å². The molecule has 0 saturated carbocycles. The highest BCUT2D eigenvalue weighted by Crippen LogP contribution is 2.08. The van der Waals surface area contributed by atoms with Crippen molar-refractivity contribution < 1.29 is 18.2 Å². The first kappa shape index (κ1) is 15.5. The number of hydrogen-bond donors (Lipinski definition) is 2. The van der Waals surface area contributed by atoms with Crippen molar-refractivity contribution >= 4 is 16.0 Å². The van der Waals surface area contributed by atoms with E-state index in [2.05, 4.69) is 5.16 Å². The molecule has 0 unspecified atom stereocenters. The molecule has 2 rings (SSSR count). The Morgan fingerprint density at radius 3 is 2.16 bits per heavy atom. The van der Waals surface area contributed by atoms with Crippen LogP contribution in [-0.2, 0) is 10.1 Å². The highest BCUT2D eigenvalue weighted by Gasteiger charge is 2.13. The van der Waals surface area contributed by atoms with Crippen LogP contribution in [-0.4, -0.2) is 42.5 Å². The fourth-order valence-electron chi connectivity index (χ4n) is 1.63. The van der Waals surface area contributed by atoms with Gasteiger partial charge in [0.05, 0.1) is 4.90 Å². The summed E-state index contributed by atoms with van der Waals surface area (Å²) in [5.74, 6) is 0.810. The summed E-state index contributed by atoms with van der Waals surface area (Å²) < 4.78 is 29.6. The first-order valence-corrected chi connectivity index (χ1v) is 7.25. The fourth-order valence-corrected chi connectivity index (χ4v) is 2.11. The van der Waals surface area contributed by atoms with E-state index in [0.29, 0.717) is 0 Å². The summed E-state index contributed by atoms with van der Waals surface area (Å²) in [5.41, 5.74) is 0.956. The molecule has 0 spiro atoms. The maximum absolute atomic E-state index is 10.5. The lowest BCUT2D eigenvalue weighted by molar-refractivity contribution is 0.309. The van der Waals surface area contributed by atoms with E-state index in [4.69, 9.17) is 9.76 Å². The van der Waals surface area contributed by atoms with Crippen molar-refractivity contribution in [1.82, 2.24) is 4.90 Å². The van der Waals surface area contributed by atoms with Gasteiger partial charge < -0.3 is 10.1 Å². The van der Waals surface area contributed by atoms with Crippen LogP contribution in [0.1, 0.15) is 18.4 Å². The van der Waals surface area contributed by atoms with Crippen LogP contribution in [0.4, 0.5) is 0 Å². The van der Waals surface area contributed by atoms with Gasteiger partial charge >= 0.3 is 0 Å². The summed E-state index contributed by atoms with van der Waals surface area (Å²) in [4.78, 5) is 1.89. The van der Waals surface area contributed by atoms with Crippen LogP contribution < -0.4 is 0 Å². The Morgan fingerprint density at radius 1 is 1.26 bits per heavy atom. The maximum Gasteiger partial charge on any atom is 0.294 e. The molecular formula is C12H18N2O4S.